The smallest absolute Gasteiger partial charge is 0.223 e. The van der Waals surface area contributed by atoms with Crippen LogP contribution in [0.15, 0.2) is 41.3 Å². The number of nitrogens with one attached hydrogen (secondary N) is 1. The van der Waals surface area contributed by atoms with Gasteiger partial charge in [0.25, 0.3) is 0 Å². The number of hydrogen-bond donors (Lipinski definition) is 1. The van der Waals surface area contributed by atoms with Gasteiger partial charge in [-0.25, -0.2) is 0 Å². The molecule has 1 N–H and O–H groups in total. The number of aromatic nitrogens is 1. The number of piperidine rings is 1. The summed E-state index contributed by atoms with van der Waals surface area (Å²) in [7, 11) is 1.53. The number of H-pyrrole nitrogens is 1. The predicted molar refractivity (Wildman–Crippen MR) is 121 cm³/mol. The molecule has 2 aliphatic heterocycles. The fraction of sp³-hybridized carbons (Fsp3) is 0.560. The van der Waals surface area contributed by atoms with E-state index in [1.807, 2.05) is 0 Å². The zero-order valence-corrected chi connectivity index (χ0v) is 18.6. The second kappa shape index (κ2) is 8.94. The van der Waals surface area contributed by atoms with Crippen LogP contribution in [0.5, 0.6) is 5.75 Å². The lowest BCUT2D eigenvalue weighted by Gasteiger charge is -2.40. The summed E-state index contributed by atoms with van der Waals surface area (Å²) in [5.74, 6) is 0.961. The SMILES string of the molecule is COc1c[nH]c(CN2CCC3(CCCN(Cc4ccc(C(C)C)cc4)C3)C2)cc1=O. The van der Waals surface area contributed by atoms with Crippen LogP contribution in [0.1, 0.15) is 55.8 Å². The van der Waals surface area contributed by atoms with Crippen LogP contribution < -0.4 is 10.2 Å². The van der Waals surface area contributed by atoms with E-state index in [-0.39, 0.29) is 5.43 Å². The van der Waals surface area contributed by atoms with Crippen molar-refractivity contribution in [3.63, 3.8) is 0 Å². The first kappa shape index (κ1) is 21.1. The molecule has 2 aromatic rings. The molecule has 2 saturated heterocycles. The second-order valence-electron chi connectivity index (χ2n) is 9.56. The van der Waals surface area contributed by atoms with Gasteiger partial charge in [0.2, 0.25) is 5.43 Å². The molecule has 5 nitrogen and oxygen atoms in total. The van der Waals surface area contributed by atoms with Crippen LogP contribution in [0.3, 0.4) is 0 Å². The number of aromatic amines is 1. The summed E-state index contributed by atoms with van der Waals surface area (Å²) in [6.45, 7) is 10.9. The number of benzene rings is 1. The summed E-state index contributed by atoms with van der Waals surface area (Å²) < 4.78 is 5.08. The van der Waals surface area contributed by atoms with E-state index in [0.717, 1.165) is 31.9 Å². The summed E-state index contributed by atoms with van der Waals surface area (Å²) in [4.78, 5) is 20.4. The lowest BCUT2D eigenvalue weighted by Crippen LogP contribution is -2.44. The molecule has 162 valence electrons. The molecule has 0 radical (unpaired) electrons. The van der Waals surface area contributed by atoms with Crippen molar-refractivity contribution in [3.8, 4) is 5.75 Å². The van der Waals surface area contributed by atoms with Gasteiger partial charge in [0.05, 0.1) is 7.11 Å². The molecular weight excluding hydrogens is 374 g/mol. The molecule has 2 fully saturated rings. The van der Waals surface area contributed by atoms with Gasteiger partial charge in [0.15, 0.2) is 5.75 Å². The van der Waals surface area contributed by atoms with Gasteiger partial charge in [0, 0.05) is 44.1 Å². The van der Waals surface area contributed by atoms with Crippen molar-refractivity contribution >= 4 is 0 Å². The molecule has 0 saturated carbocycles. The molecule has 1 atom stereocenters. The van der Waals surface area contributed by atoms with Crippen LogP contribution in [0, 0.1) is 5.41 Å². The van der Waals surface area contributed by atoms with Crippen molar-refractivity contribution in [3.05, 3.63) is 63.6 Å². The Labute approximate surface area is 180 Å². The second-order valence-corrected chi connectivity index (χ2v) is 9.56. The van der Waals surface area contributed by atoms with Gasteiger partial charge < -0.3 is 9.72 Å². The first-order chi connectivity index (χ1) is 14.5. The minimum Gasteiger partial charge on any atom is -0.491 e. The van der Waals surface area contributed by atoms with Gasteiger partial charge in [0.1, 0.15) is 0 Å². The van der Waals surface area contributed by atoms with E-state index in [1.54, 1.807) is 12.3 Å². The van der Waals surface area contributed by atoms with E-state index >= 15 is 0 Å². The minimum atomic E-state index is -0.0486. The lowest BCUT2D eigenvalue weighted by atomic mass is 9.79. The van der Waals surface area contributed by atoms with Crippen LogP contribution in [0.2, 0.25) is 0 Å². The normalized spacial score (nSPS) is 22.8. The Hall–Kier alpha value is -2.11. The standard InChI is InChI=1S/C25H35N3O2/c1-19(2)21-7-5-20(6-8-21)15-27-11-4-9-25(17-27)10-12-28(18-25)16-22-13-23(29)24(30-3)14-26-22/h5-8,13-14,19H,4,9-12,15-18H2,1-3H3,(H,26,29). The quantitative estimate of drug-likeness (QED) is 0.784. The number of rotatable bonds is 6. The van der Waals surface area contributed by atoms with Gasteiger partial charge in [-0.05, 0) is 54.8 Å². The van der Waals surface area contributed by atoms with E-state index in [4.69, 9.17) is 4.74 Å². The lowest BCUT2D eigenvalue weighted by molar-refractivity contribution is 0.0865. The highest BCUT2D eigenvalue weighted by Crippen LogP contribution is 2.39. The highest BCUT2D eigenvalue weighted by Gasteiger charge is 2.41. The predicted octanol–water partition coefficient (Wildman–Crippen LogP) is 4.00. The Bertz CT molecular complexity index is 905. The maximum absolute atomic E-state index is 12.0. The first-order valence-electron chi connectivity index (χ1n) is 11.3. The van der Waals surface area contributed by atoms with E-state index in [1.165, 1.54) is 50.6 Å². The van der Waals surface area contributed by atoms with Crippen molar-refractivity contribution in [1.82, 2.24) is 14.8 Å². The van der Waals surface area contributed by atoms with Crippen LogP contribution in [-0.4, -0.2) is 48.1 Å². The van der Waals surface area contributed by atoms with Crippen LogP contribution in [-0.2, 0) is 13.1 Å². The maximum atomic E-state index is 12.0. The molecule has 5 heteroatoms. The van der Waals surface area contributed by atoms with Crippen LogP contribution >= 0.6 is 0 Å². The van der Waals surface area contributed by atoms with Crippen LogP contribution in [0.4, 0.5) is 0 Å². The monoisotopic (exact) mass is 409 g/mol. The highest BCUT2D eigenvalue weighted by atomic mass is 16.5. The zero-order chi connectivity index (χ0) is 21.1. The molecule has 0 aliphatic carbocycles. The average molecular weight is 410 g/mol. The van der Waals surface area contributed by atoms with E-state index in [9.17, 15) is 4.79 Å². The van der Waals surface area contributed by atoms with Crippen molar-refractivity contribution in [2.24, 2.45) is 5.41 Å². The van der Waals surface area contributed by atoms with Crippen molar-refractivity contribution in [2.75, 3.05) is 33.3 Å². The zero-order valence-electron chi connectivity index (χ0n) is 18.6. The Kier molecular flexibility index (Phi) is 6.30. The van der Waals surface area contributed by atoms with Gasteiger partial charge in [-0.15, -0.1) is 0 Å². The molecule has 2 aliphatic rings. The largest absolute Gasteiger partial charge is 0.491 e. The Balaban J connectivity index is 1.35. The topological polar surface area (TPSA) is 48.6 Å². The van der Waals surface area contributed by atoms with E-state index in [2.05, 4.69) is 52.9 Å². The number of ether oxygens (including phenoxy) is 1. The first-order valence-corrected chi connectivity index (χ1v) is 11.3. The number of methoxy groups -OCH3 is 1. The molecule has 0 amide bonds. The molecule has 1 aromatic carbocycles. The van der Waals surface area contributed by atoms with Gasteiger partial charge in [-0.2, -0.15) is 0 Å². The molecule has 1 unspecified atom stereocenters. The third-order valence-corrected chi connectivity index (χ3v) is 6.86. The molecule has 1 aromatic heterocycles. The Morgan fingerprint density at radius 1 is 1.07 bits per heavy atom. The molecule has 4 rings (SSSR count). The number of nitrogens with zero attached hydrogens (tertiary/aromatic N) is 2. The summed E-state index contributed by atoms with van der Waals surface area (Å²) >= 11 is 0. The number of likely N-dealkylation sites (tertiary alicyclic amines) is 2. The maximum Gasteiger partial charge on any atom is 0.223 e. The van der Waals surface area contributed by atoms with Gasteiger partial charge in [-0.3, -0.25) is 14.6 Å². The summed E-state index contributed by atoms with van der Waals surface area (Å²) in [5.41, 5.74) is 4.14. The minimum absolute atomic E-state index is 0.0486. The molecule has 30 heavy (non-hydrogen) atoms. The molecule has 0 bridgehead atoms. The summed E-state index contributed by atoms with van der Waals surface area (Å²) in [5, 5.41) is 0. The Morgan fingerprint density at radius 3 is 2.47 bits per heavy atom. The fourth-order valence-corrected chi connectivity index (χ4v) is 5.20. The summed E-state index contributed by atoms with van der Waals surface area (Å²) in [6.07, 6.45) is 5.51. The Morgan fingerprint density at radius 2 is 1.80 bits per heavy atom. The third kappa shape index (κ3) is 4.79. The fourth-order valence-electron chi connectivity index (χ4n) is 5.20. The summed E-state index contributed by atoms with van der Waals surface area (Å²) in [6, 6.07) is 10.9. The number of hydrogen-bond acceptors (Lipinski definition) is 4. The van der Waals surface area contributed by atoms with Crippen molar-refractivity contribution in [1.29, 1.82) is 0 Å². The van der Waals surface area contributed by atoms with Gasteiger partial charge in [-0.1, -0.05) is 38.1 Å². The number of pyridine rings is 1. The molecule has 3 heterocycles. The van der Waals surface area contributed by atoms with Gasteiger partial charge >= 0.3 is 0 Å². The third-order valence-electron chi connectivity index (χ3n) is 6.86. The van der Waals surface area contributed by atoms with E-state index < -0.39 is 0 Å². The van der Waals surface area contributed by atoms with Crippen LogP contribution in [0.25, 0.3) is 0 Å². The highest BCUT2D eigenvalue weighted by molar-refractivity contribution is 5.25. The average Bonchev–Trinajstić information content (AvgIpc) is 3.10. The van der Waals surface area contributed by atoms with Crippen molar-refractivity contribution in [2.45, 2.75) is 52.1 Å². The van der Waals surface area contributed by atoms with E-state index in [0.29, 0.717) is 17.1 Å². The van der Waals surface area contributed by atoms with Crippen molar-refractivity contribution < 1.29 is 4.74 Å². The molecule has 1 spiro atoms. The molecular formula is C25H35N3O2.